The van der Waals surface area contributed by atoms with Crippen molar-refractivity contribution >= 4 is 0 Å². The van der Waals surface area contributed by atoms with Gasteiger partial charge in [-0.05, 0) is 43.8 Å². The number of nitrogens with one attached hydrogen (secondary N) is 1. The van der Waals surface area contributed by atoms with Crippen LogP contribution in [0.5, 0.6) is 0 Å². The number of hydrogen-bond donors (Lipinski definition) is 1. The summed E-state index contributed by atoms with van der Waals surface area (Å²) in [6.07, 6.45) is 8.26. The van der Waals surface area contributed by atoms with E-state index in [0.29, 0.717) is 5.41 Å². The van der Waals surface area contributed by atoms with Crippen molar-refractivity contribution in [3.8, 4) is 0 Å². The Morgan fingerprint density at radius 3 is 2.48 bits per heavy atom. The Labute approximate surface area is 130 Å². The molecule has 1 aliphatic rings. The highest BCUT2D eigenvalue weighted by Gasteiger charge is 2.32. The molecule has 0 radical (unpaired) electrons. The maximum atomic E-state index is 3.69. The lowest BCUT2D eigenvalue weighted by atomic mass is 9.73. The zero-order valence-electron chi connectivity index (χ0n) is 13.9. The molecule has 21 heavy (non-hydrogen) atoms. The van der Waals surface area contributed by atoms with Crippen molar-refractivity contribution in [2.45, 2.75) is 52.0 Å². The Kier molecular flexibility index (Phi) is 6.72. The minimum Gasteiger partial charge on any atom is -0.316 e. The van der Waals surface area contributed by atoms with Crippen LogP contribution in [0.25, 0.3) is 0 Å². The third kappa shape index (κ3) is 5.44. The van der Waals surface area contributed by atoms with Gasteiger partial charge in [-0.2, -0.15) is 0 Å². The van der Waals surface area contributed by atoms with Crippen LogP contribution in [-0.4, -0.2) is 31.6 Å². The summed E-state index contributed by atoms with van der Waals surface area (Å²) in [5, 5.41) is 3.69. The van der Waals surface area contributed by atoms with Gasteiger partial charge >= 0.3 is 0 Å². The molecule has 1 saturated carbocycles. The molecule has 0 aromatic heterocycles. The predicted octanol–water partition coefficient (Wildman–Crippen LogP) is 4.07. The third-order valence-corrected chi connectivity index (χ3v) is 4.74. The standard InChI is InChI=1S/C19H32N2/c1-3-14-20-16-19(12-8-5-9-13-19)17-21(2)15-18-10-6-4-7-11-18/h4,6-7,10-11,20H,3,5,8-9,12-17H2,1-2H3. The fourth-order valence-electron chi connectivity index (χ4n) is 3.75. The highest BCUT2D eigenvalue weighted by atomic mass is 15.1. The van der Waals surface area contributed by atoms with Crippen LogP contribution in [-0.2, 0) is 6.54 Å². The van der Waals surface area contributed by atoms with Gasteiger partial charge in [0.25, 0.3) is 0 Å². The van der Waals surface area contributed by atoms with Crippen LogP contribution < -0.4 is 5.32 Å². The van der Waals surface area contributed by atoms with Gasteiger partial charge in [0.05, 0.1) is 0 Å². The Balaban J connectivity index is 1.90. The molecule has 1 N–H and O–H groups in total. The summed E-state index contributed by atoms with van der Waals surface area (Å²) in [5.41, 5.74) is 1.92. The van der Waals surface area contributed by atoms with E-state index >= 15 is 0 Å². The molecule has 0 amide bonds. The maximum absolute atomic E-state index is 3.69. The summed E-state index contributed by atoms with van der Waals surface area (Å²) in [7, 11) is 2.28. The van der Waals surface area contributed by atoms with E-state index in [4.69, 9.17) is 0 Å². The number of rotatable bonds is 8. The Hall–Kier alpha value is -0.860. The number of nitrogens with zero attached hydrogens (tertiary/aromatic N) is 1. The van der Waals surface area contributed by atoms with Crippen LogP contribution in [0.1, 0.15) is 51.0 Å². The Bertz CT molecular complexity index is 382. The van der Waals surface area contributed by atoms with Crippen LogP contribution in [0, 0.1) is 5.41 Å². The zero-order chi connectivity index (χ0) is 15.0. The summed E-state index contributed by atoms with van der Waals surface area (Å²) in [6, 6.07) is 10.9. The molecular formula is C19H32N2. The minimum absolute atomic E-state index is 0.497. The molecule has 2 heteroatoms. The molecule has 0 aliphatic heterocycles. The van der Waals surface area contributed by atoms with Gasteiger partial charge in [-0.1, -0.05) is 56.5 Å². The molecule has 0 unspecified atom stereocenters. The average Bonchev–Trinajstić information content (AvgIpc) is 2.49. The molecule has 1 aromatic rings. The minimum atomic E-state index is 0.497. The van der Waals surface area contributed by atoms with Gasteiger partial charge in [0.2, 0.25) is 0 Å². The monoisotopic (exact) mass is 288 g/mol. The summed E-state index contributed by atoms with van der Waals surface area (Å²) in [6.45, 7) is 6.89. The molecule has 0 saturated heterocycles. The lowest BCUT2D eigenvalue weighted by Gasteiger charge is -2.40. The molecule has 1 fully saturated rings. The molecule has 1 aliphatic carbocycles. The predicted molar refractivity (Wildman–Crippen MR) is 91.5 cm³/mol. The van der Waals surface area contributed by atoms with Crippen LogP contribution in [0.4, 0.5) is 0 Å². The molecule has 118 valence electrons. The molecule has 0 spiro atoms. The van der Waals surface area contributed by atoms with Crippen molar-refractivity contribution < 1.29 is 0 Å². The lowest BCUT2D eigenvalue weighted by molar-refractivity contribution is 0.114. The van der Waals surface area contributed by atoms with E-state index in [1.165, 1.54) is 57.2 Å². The van der Waals surface area contributed by atoms with Gasteiger partial charge < -0.3 is 10.2 Å². The van der Waals surface area contributed by atoms with E-state index in [0.717, 1.165) is 13.1 Å². The van der Waals surface area contributed by atoms with E-state index in [2.05, 4.69) is 54.5 Å². The van der Waals surface area contributed by atoms with Crippen molar-refractivity contribution in [3.05, 3.63) is 35.9 Å². The van der Waals surface area contributed by atoms with Crippen molar-refractivity contribution in [1.82, 2.24) is 10.2 Å². The van der Waals surface area contributed by atoms with Crippen molar-refractivity contribution in [1.29, 1.82) is 0 Å². The molecule has 2 nitrogen and oxygen atoms in total. The second-order valence-corrected chi connectivity index (χ2v) is 6.90. The quantitative estimate of drug-likeness (QED) is 0.725. The highest BCUT2D eigenvalue weighted by Crippen LogP contribution is 2.36. The fourth-order valence-corrected chi connectivity index (χ4v) is 3.75. The van der Waals surface area contributed by atoms with Crippen LogP contribution in [0.2, 0.25) is 0 Å². The van der Waals surface area contributed by atoms with Gasteiger partial charge in [0, 0.05) is 19.6 Å². The zero-order valence-corrected chi connectivity index (χ0v) is 13.9. The summed E-state index contributed by atoms with van der Waals surface area (Å²) < 4.78 is 0. The second-order valence-electron chi connectivity index (χ2n) is 6.90. The molecule has 0 bridgehead atoms. The van der Waals surface area contributed by atoms with Gasteiger partial charge in [-0.15, -0.1) is 0 Å². The van der Waals surface area contributed by atoms with Crippen molar-refractivity contribution in [3.63, 3.8) is 0 Å². The molecule has 2 rings (SSSR count). The first-order chi connectivity index (χ1) is 10.2. The first-order valence-corrected chi connectivity index (χ1v) is 8.67. The Morgan fingerprint density at radius 2 is 1.81 bits per heavy atom. The lowest BCUT2D eigenvalue weighted by Crippen LogP contribution is -2.44. The third-order valence-electron chi connectivity index (χ3n) is 4.74. The van der Waals surface area contributed by atoms with E-state index in [9.17, 15) is 0 Å². The van der Waals surface area contributed by atoms with Crippen molar-refractivity contribution in [2.24, 2.45) is 5.41 Å². The first-order valence-electron chi connectivity index (χ1n) is 8.67. The smallest absolute Gasteiger partial charge is 0.0230 e. The molecule has 0 heterocycles. The van der Waals surface area contributed by atoms with Gasteiger partial charge in [0.15, 0.2) is 0 Å². The molecular weight excluding hydrogens is 256 g/mol. The van der Waals surface area contributed by atoms with E-state index in [-0.39, 0.29) is 0 Å². The summed E-state index contributed by atoms with van der Waals surface area (Å²) in [4.78, 5) is 2.52. The van der Waals surface area contributed by atoms with Crippen LogP contribution in [0.15, 0.2) is 30.3 Å². The van der Waals surface area contributed by atoms with Crippen LogP contribution in [0.3, 0.4) is 0 Å². The Morgan fingerprint density at radius 1 is 1.10 bits per heavy atom. The fraction of sp³-hybridized carbons (Fsp3) is 0.684. The van der Waals surface area contributed by atoms with E-state index < -0.39 is 0 Å². The normalized spacial score (nSPS) is 18.0. The summed E-state index contributed by atoms with van der Waals surface area (Å²) in [5.74, 6) is 0. The van der Waals surface area contributed by atoms with Crippen LogP contribution >= 0.6 is 0 Å². The number of hydrogen-bond acceptors (Lipinski definition) is 2. The van der Waals surface area contributed by atoms with E-state index in [1.807, 2.05) is 0 Å². The highest BCUT2D eigenvalue weighted by molar-refractivity contribution is 5.14. The topological polar surface area (TPSA) is 15.3 Å². The van der Waals surface area contributed by atoms with Gasteiger partial charge in [-0.25, -0.2) is 0 Å². The van der Waals surface area contributed by atoms with Gasteiger partial charge in [-0.3, -0.25) is 0 Å². The first kappa shape index (κ1) is 16.5. The largest absolute Gasteiger partial charge is 0.316 e. The average molecular weight is 288 g/mol. The SMILES string of the molecule is CCCNCC1(CN(C)Cc2ccccc2)CCCCC1. The molecule has 0 atom stereocenters. The van der Waals surface area contributed by atoms with Crippen molar-refractivity contribution in [2.75, 3.05) is 26.7 Å². The second kappa shape index (κ2) is 8.55. The maximum Gasteiger partial charge on any atom is 0.0230 e. The van der Waals surface area contributed by atoms with Gasteiger partial charge in [0.1, 0.15) is 0 Å². The molecule has 1 aromatic carbocycles. The van der Waals surface area contributed by atoms with E-state index in [1.54, 1.807) is 0 Å². The number of benzene rings is 1. The summed E-state index contributed by atoms with van der Waals surface area (Å²) >= 11 is 0.